The molecule has 1 amide bonds. The van der Waals surface area contributed by atoms with Crippen molar-refractivity contribution in [2.24, 2.45) is 0 Å². The molecule has 0 N–H and O–H groups in total. The van der Waals surface area contributed by atoms with Gasteiger partial charge in [0.1, 0.15) is 0 Å². The minimum atomic E-state index is -3.73. The van der Waals surface area contributed by atoms with Gasteiger partial charge in [0, 0.05) is 36.2 Å². The van der Waals surface area contributed by atoms with E-state index in [4.69, 9.17) is 27.9 Å². The Morgan fingerprint density at radius 2 is 1.65 bits per heavy atom. The summed E-state index contributed by atoms with van der Waals surface area (Å²) in [5, 5.41) is 0.920. The number of carbonyl (C=O) groups excluding carboxylic acids is 2. The zero-order valence-corrected chi connectivity index (χ0v) is 19.2. The van der Waals surface area contributed by atoms with Crippen LogP contribution in [0.4, 0.5) is 0 Å². The SMILES string of the molecule is CCOC(=O)c1ccc(S(=O)(=O)N2CCN(C(=O)Cc3ccc(Cl)cc3Cl)CC2)cc1. The lowest BCUT2D eigenvalue weighted by Crippen LogP contribution is -2.50. The second-order valence-electron chi connectivity index (χ2n) is 6.94. The largest absolute Gasteiger partial charge is 0.462 e. The van der Waals surface area contributed by atoms with Crippen molar-refractivity contribution in [3.8, 4) is 0 Å². The molecule has 1 aliphatic rings. The van der Waals surface area contributed by atoms with Crippen LogP contribution < -0.4 is 0 Å². The highest BCUT2D eigenvalue weighted by molar-refractivity contribution is 7.89. The Balaban J connectivity index is 1.61. The first kappa shape index (κ1) is 23.5. The molecule has 0 unspecified atom stereocenters. The van der Waals surface area contributed by atoms with Gasteiger partial charge >= 0.3 is 5.97 Å². The molecule has 1 aliphatic heterocycles. The quantitative estimate of drug-likeness (QED) is 0.587. The Kier molecular flexibility index (Phi) is 7.59. The van der Waals surface area contributed by atoms with Gasteiger partial charge in [-0.1, -0.05) is 29.3 Å². The van der Waals surface area contributed by atoms with E-state index in [2.05, 4.69) is 0 Å². The Labute approximate surface area is 191 Å². The number of ether oxygens (including phenoxy) is 1. The molecule has 0 bridgehead atoms. The van der Waals surface area contributed by atoms with Gasteiger partial charge in [0.05, 0.1) is 23.5 Å². The van der Waals surface area contributed by atoms with Crippen LogP contribution in [-0.4, -0.2) is 62.3 Å². The Morgan fingerprint density at radius 1 is 1.00 bits per heavy atom. The number of carbonyl (C=O) groups is 2. The van der Waals surface area contributed by atoms with Gasteiger partial charge in [-0.25, -0.2) is 13.2 Å². The number of benzene rings is 2. The van der Waals surface area contributed by atoms with Crippen molar-refractivity contribution in [3.63, 3.8) is 0 Å². The molecule has 31 heavy (non-hydrogen) atoms. The minimum Gasteiger partial charge on any atom is -0.462 e. The first-order valence-corrected chi connectivity index (χ1v) is 11.9. The monoisotopic (exact) mass is 484 g/mol. The van der Waals surface area contributed by atoms with Gasteiger partial charge in [0.2, 0.25) is 15.9 Å². The molecule has 3 rings (SSSR count). The summed E-state index contributed by atoms with van der Waals surface area (Å²) in [7, 11) is -3.73. The van der Waals surface area contributed by atoms with E-state index in [0.717, 1.165) is 0 Å². The van der Waals surface area contributed by atoms with Crippen LogP contribution in [0.1, 0.15) is 22.8 Å². The Hall–Kier alpha value is -2.13. The van der Waals surface area contributed by atoms with Crippen molar-refractivity contribution in [3.05, 3.63) is 63.6 Å². The van der Waals surface area contributed by atoms with Crippen molar-refractivity contribution in [1.29, 1.82) is 0 Å². The van der Waals surface area contributed by atoms with E-state index in [1.54, 1.807) is 30.0 Å². The van der Waals surface area contributed by atoms with Crippen LogP contribution in [0, 0.1) is 0 Å². The molecule has 166 valence electrons. The molecule has 0 atom stereocenters. The highest BCUT2D eigenvalue weighted by Gasteiger charge is 2.30. The number of piperazine rings is 1. The number of nitrogens with zero attached hydrogens (tertiary/aromatic N) is 2. The summed E-state index contributed by atoms with van der Waals surface area (Å²) in [6, 6.07) is 10.6. The van der Waals surface area contributed by atoms with Crippen LogP contribution in [0.3, 0.4) is 0 Å². The standard InChI is InChI=1S/C21H22Cl2N2O5S/c1-2-30-21(27)15-4-7-18(8-5-15)31(28,29)25-11-9-24(10-12-25)20(26)13-16-3-6-17(22)14-19(16)23/h3-8,14H,2,9-13H2,1H3. The van der Waals surface area contributed by atoms with Crippen LogP contribution in [-0.2, 0) is 26.0 Å². The van der Waals surface area contributed by atoms with Crippen LogP contribution in [0.25, 0.3) is 0 Å². The number of esters is 1. The zero-order valence-electron chi connectivity index (χ0n) is 16.9. The van der Waals surface area contributed by atoms with Crippen LogP contribution >= 0.6 is 23.2 Å². The van der Waals surface area contributed by atoms with E-state index in [0.29, 0.717) is 15.6 Å². The van der Waals surface area contributed by atoms with E-state index in [-0.39, 0.29) is 55.6 Å². The number of amides is 1. The summed E-state index contributed by atoms with van der Waals surface area (Å²) in [6.45, 7) is 2.87. The maximum absolute atomic E-state index is 12.9. The molecule has 0 spiro atoms. The number of sulfonamides is 1. The molecule has 2 aromatic carbocycles. The maximum atomic E-state index is 12.9. The fraction of sp³-hybridized carbons (Fsp3) is 0.333. The molecule has 0 radical (unpaired) electrons. The van der Waals surface area contributed by atoms with Crippen molar-refractivity contribution in [1.82, 2.24) is 9.21 Å². The molecular weight excluding hydrogens is 463 g/mol. The average Bonchev–Trinajstić information content (AvgIpc) is 2.76. The summed E-state index contributed by atoms with van der Waals surface area (Å²) in [5.41, 5.74) is 0.963. The highest BCUT2D eigenvalue weighted by Crippen LogP contribution is 2.23. The molecule has 0 aromatic heterocycles. The van der Waals surface area contributed by atoms with E-state index in [1.807, 2.05) is 0 Å². The predicted molar refractivity (Wildman–Crippen MR) is 118 cm³/mol. The number of hydrogen-bond donors (Lipinski definition) is 0. The molecule has 10 heteroatoms. The van der Waals surface area contributed by atoms with Gasteiger partial charge in [-0.2, -0.15) is 4.31 Å². The van der Waals surface area contributed by atoms with Crippen molar-refractivity contribution >= 4 is 45.1 Å². The van der Waals surface area contributed by atoms with E-state index in [9.17, 15) is 18.0 Å². The van der Waals surface area contributed by atoms with Crippen LogP contribution in [0.2, 0.25) is 10.0 Å². The topological polar surface area (TPSA) is 84.0 Å². The van der Waals surface area contributed by atoms with Crippen molar-refractivity contribution in [2.75, 3.05) is 32.8 Å². The van der Waals surface area contributed by atoms with Gasteiger partial charge in [0.25, 0.3) is 0 Å². The highest BCUT2D eigenvalue weighted by atomic mass is 35.5. The fourth-order valence-corrected chi connectivity index (χ4v) is 5.14. The van der Waals surface area contributed by atoms with Gasteiger partial charge < -0.3 is 9.64 Å². The lowest BCUT2D eigenvalue weighted by molar-refractivity contribution is -0.131. The molecule has 0 aliphatic carbocycles. The molecule has 1 heterocycles. The minimum absolute atomic E-state index is 0.0910. The summed E-state index contributed by atoms with van der Waals surface area (Å²) >= 11 is 12.0. The third kappa shape index (κ3) is 5.57. The summed E-state index contributed by atoms with van der Waals surface area (Å²) in [5.74, 6) is -0.626. The first-order valence-electron chi connectivity index (χ1n) is 9.71. The summed E-state index contributed by atoms with van der Waals surface area (Å²) in [4.78, 5) is 26.1. The third-order valence-electron chi connectivity index (χ3n) is 4.95. The second kappa shape index (κ2) is 9.99. The lowest BCUT2D eigenvalue weighted by atomic mass is 10.1. The van der Waals surface area contributed by atoms with Gasteiger partial charge in [-0.15, -0.1) is 0 Å². The van der Waals surface area contributed by atoms with Gasteiger partial charge in [0.15, 0.2) is 0 Å². The molecule has 1 saturated heterocycles. The van der Waals surface area contributed by atoms with Crippen LogP contribution in [0.5, 0.6) is 0 Å². The molecular formula is C21H22Cl2N2O5S. The smallest absolute Gasteiger partial charge is 0.338 e. The Morgan fingerprint density at radius 3 is 2.23 bits per heavy atom. The summed E-state index contributed by atoms with van der Waals surface area (Å²) < 4.78 is 32.1. The number of rotatable bonds is 6. The van der Waals surface area contributed by atoms with E-state index < -0.39 is 16.0 Å². The molecule has 2 aromatic rings. The number of halogens is 2. The molecule has 7 nitrogen and oxygen atoms in total. The van der Waals surface area contributed by atoms with E-state index in [1.165, 1.54) is 28.6 Å². The predicted octanol–water partition coefficient (Wildman–Crippen LogP) is 3.25. The maximum Gasteiger partial charge on any atom is 0.338 e. The van der Waals surface area contributed by atoms with Crippen LogP contribution in [0.15, 0.2) is 47.4 Å². The normalized spacial score (nSPS) is 15.0. The van der Waals surface area contributed by atoms with E-state index >= 15 is 0 Å². The Bertz CT molecular complexity index is 1070. The molecule has 1 fully saturated rings. The lowest BCUT2D eigenvalue weighted by Gasteiger charge is -2.34. The van der Waals surface area contributed by atoms with Crippen molar-refractivity contribution in [2.45, 2.75) is 18.2 Å². The van der Waals surface area contributed by atoms with Gasteiger partial charge in [-0.05, 0) is 48.9 Å². The summed E-state index contributed by atoms with van der Waals surface area (Å²) in [6.07, 6.45) is 0.123. The van der Waals surface area contributed by atoms with Gasteiger partial charge in [-0.3, -0.25) is 4.79 Å². The van der Waals surface area contributed by atoms with Crippen molar-refractivity contribution < 1.29 is 22.7 Å². The second-order valence-corrected chi connectivity index (χ2v) is 9.72. The zero-order chi connectivity index (χ0) is 22.6. The fourth-order valence-electron chi connectivity index (χ4n) is 3.24. The molecule has 0 saturated carbocycles. The third-order valence-corrected chi connectivity index (χ3v) is 7.45. The number of hydrogen-bond acceptors (Lipinski definition) is 5. The average molecular weight is 485 g/mol. The first-order chi connectivity index (χ1) is 14.7.